The molecule has 1 aliphatic rings. The number of aromatic nitrogens is 2. The predicted molar refractivity (Wildman–Crippen MR) is 115 cm³/mol. The molecule has 7 nitrogen and oxygen atoms in total. The summed E-state index contributed by atoms with van der Waals surface area (Å²) in [4.78, 5) is 23.2. The Morgan fingerprint density at radius 1 is 1.28 bits per heavy atom. The number of halogens is 1. The van der Waals surface area contributed by atoms with Crippen LogP contribution < -0.4 is 10.6 Å². The van der Waals surface area contributed by atoms with E-state index in [0.29, 0.717) is 23.9 Å². The maximum Gasteiger partial charge on any atom is 0.225 e. The van der Waals surface area contributed by atoms with Gasteiger partial charge in [-0.25, -0.2) is 9.97 Å². The van der Waals surface area contributed by atoms with Crippen LogP contribution in [0.5, 0.6) is 0 Å². The van der Waals surface area contributed by atoms with Crippen LogP contribution in [-0.4, -0.2) is 53.6 Å². The van der Waals surface area contributed by atoms with Crippen molar-refractivity contribution in [2.75, 3.05) is 43.5 Å². The first-order chi connectivity index (χ1) is 14.0. The lowest BCUT2D eigenvalue weighted by molar-refractivity contribution is -0.116. The topological polar surface area (TPSA) is 79.4 Å². The average molecular weight is 418 g/mol. The zero-order chi connectivity index (χ0) is 20.6. The maximum atomic E-state index is 12.3. The minimum atomic E-state index is 0.0214. The van der Waals surface area contributed by atoms with Crippen LogP contribution in [0.15, 0.2) is 24.3 Å². The van der Waals surface area contributed by atoms with Crippen molar-refractivity contribution in [3.63, 3.8) is 0 Å². The number of morpholine rings is 1. The number of carbonyl (C=O) groups is 1. The van der Waals surface area contributed by atoms with Crippen LogP contribution in [0.3, 0.4) is 0 Å². The fraction of sp³-hybridized carbons (Fsp3) is 0.476. The van der Waals surface area contributed by atoms with E-state index >= 15 is 0 Å². The van der Waals surface area contributed by atoms with Crippen molar-refractivity contribution < 1.29 is 9.53 Å². The summed E-state index contributed by atoms with van der Waals surface area (Å²) in [5.74, 6) is 1.41. The van der Waals surface area contributed by atoms with Crippen LogP contribution >= 0.6 is 11.6 Å². The molecule has 0 spiro atoms. The van der Waals surface area contributed by atoms with Crippen molar-refractivity contribution in [1.82, 2.24) is 14.9 Å². The van der Waals surface area contributed by atoms with Gasteiger partial charge >= 0.3 is 0 Å². The Balaban J connectivity index is 1.55. The average Bonchev–Trinajstić information content (AvgIpc) is 2.71. The summed E-state index contributed by atoms with van der Waals surface area (Å²) in [7, 11) is 0. The second-order valence-corrected chi connectivity index (χ2v) is 7.41. The fourth-order valence-electron chi connectivity index (χ4n) is 3.27. The van der Waals surface area contributed by atoms with E-state index in [1.54, 1.807) is 0 Å². The van der Waals surface area contributed by atoms with Crippen LogP contribution in [0.1, 0.15) is 30.3 Å². The molecule has 0 atom stereocenters. The molecule has 1 amide bonds. The molecule has 8 heteroatoms. The molecule has 0 saturated carbocycles. The molecule has 2 N–H and O–H groups in total. The standard InChI is InChI=1S/C21H28ClN5O2/c1-3-18-20(22)24-15(2)25-21(18)23-14-16-5-4-6-17(13-16)26-19(28)7-8-27-9-11-29-12-10-27/h4-6,13H,3,7-12,14H2,1-2H3,(H,26,28)(H,23,24,25). The Kier molecular flexibility index (Phi) is 7.80. The normalized spacial score (nSPS) is 14.6. The summed E-state index contributed by atoms with van der Waals surface area (Å²) in [5, 5.41) is 6.82. The first-order valence-corrected chi connectivity index (χ1v) is 10.4. The smallest absolute Gasteiger partial charge is 0.225 e. The van der Waals surface area contributed by atoms with Crippen molar-refractivity contribution in [2.45, 2.75) is 33.2 Å². The van der Waals surface area contributed by atoms with Crippen molar-refractivity contribution in [2.24, 2.45) is 0 Å². The molecule has 3 rings (SSSR count). The van der Waals surface area contributed by atoms with E-state index in [0.717, 1.165) is 61.9 Å². The highest BCUT2D eigenvalue weighted by atomic mass is 35.5. The van der Waals surface area contributed by atoms with Crippen molar-refractivity contribution in [3.8, 4) is 0 Å². The highest BCUT2D eigenvalue weighted by Crippen LogP contribution is 2.22. The molecule has 29 heavy (non-hydrogen) atoms. The van der Waals surface area contributed by atoms with E-state index in [4.69, 9.17) is 16.3 Å². The Bertz CT molecular complexity index is 840. The number of hydrogen-bond donors (Lipinski definition) is 2. The first kappa shape index (κ1) is 21.5. The Morgan fingerprint density at radius 2 is 2.07 bits per heavy atom. The van der Waals surface area contributed by atoms with Gasteiger partial charge in [-0.15, -0.1) is 0 Å². The van der Waals surface area contributed by atoms with E-state index in [1.165, 1.54) is 0 Å². The van der Waals surface area contributed by atoms with Gasteiger partial charge in [0.05, 0.1) is 13.2 Å². The molecule has 0 radical (unpaired) electrons. The second kappa shape index (κ2) is 10.5. The third kappa shape index (κ3) is 6.39. The van der Waals surface area contributed by atoms with Gasteiger partial charge in [0.2, 0.25) is 5.91 Å². The molecule has 1 aromatic heterocycles. The van der Waals surface area contributed by atoms with Gasteiger partial charge < -0.3 is 15.4 Å². The lowest BCUT2D eigenvalue weighted by Crippen LogP contribution is -2.38. The lowest BCUT2D eigenvalue weighted by atomic mass is 10.2. The van der Waals surface area contributed by atoms with Crippen LogP contribution in [-0.2, 0) is 22.5 Å². The number of carbonyl (C=O) groups excluding carboxylic acids is 1. The molecule has 2 aromatic rings. The van der Waals surface area contributed by atoms with Crippen LogP contribution in [0.4, 0.5) is 11.5 Å². The summed E-state index contributed by atoms with van der Waals surface area (Å²) in [6.07, 6.45) is 1.22. The highest BCUT2D eigenvalue weighted by Gasteiger charge is 2.13. The van der Waals surface area contributed by atoms with Gasteiger partial charge in [-0.3, -0.25) is 9.69 Å². The van der Waals surface area contributed by atoms with E-state index in [2.05, 4.69) is 25.5 Å². The largest absolute Gasteiger partial charge is 0.379 e. The number of nitrogens with one attached hydrogen (secondary N) is 2. The Hall–Kier alpha value is -2.22. The van der Waals surface area contributed by atoms with Crippen molar-refractivity contribution >= 4 is 29.0 Å². The summed E-state index contributed by atoms with van der Waals surface area (Å²) < 4.78 is 5.33. The molecule has 0 aliphatic carbocycles. The van der Waals surface area contributed by atoms with Gasteiger partial charge in [-0.2, -0.15) is 0 Å². The van der Waals surface area contributed by atoms with Crippen LogP contribution in [0, 0.1) is 6.92 Å². The molecule has 2 heterocycles. The Labute approximate surface area is 176 Å². The third-order valence-corrected chi connectivity index (χ3v) is 5.16. The third-order valence-electron chi connectivity index (χ3n) is 4.85. The molecule has 0 bridgehead atoms. The maximum absolute atomic E-state index is 12.3. The summed E-state index contributed by atoms with van der Waals surface area (Å²) in [5.41, 5.74) is 2.75. The number of ether oxygens (including phenoxy) is 1. The van der Waals surface area contributed by atoms with Crippen LogP contribution in [0.2, 0.25) is 5.15 Å². The van der Waals surface area contributed by atoms with Crippen molar-refractivity contribution in [1.29, 1.82) is 0 Å². The van der Waals surface area contributed by atoms with E-state index in [9.17, 15) is 4.79 Å². The van der Waals surface area contributed by atoms with Gasteiger partial charge in [0.1, 0.15) is 16.8 Å². The highest BCUT2D eigenvalue weighted by molar-refractivity contribution is 6.30. The fourth-order valence-corrected chi connectivity index (χ4v) is 3.62. The Morgan fingerprint density at radius 3 is 2.83 bits per heavy atom. The quantitative estimate of drug-likeness (QED) is 0.642. The minimum absolute atomic E-state index is 0.0214. The summed E-state index contributed by atoms with van der Waals surface area (Å²) in [6, 6.07) is 7.82. The summed E-state index contributed by atoms with van der Waals surface area (Å²) >= 11 is 6.24. The molecular weight excluding hydrogens is 390 g/mol. The van der Waals surface area contributed by atoms with Crippen molar-refractivity contribution in [3.05, 3.63) is 46.4 Å². The van der Waals surface area contributed by atoms with E-state index in [-0.39, 0.29) is 5.91 Å². The number of rotatable bonds is 8. The van der Waals surface area contributed by atoms with Gasteiger partial charge in [0, 0.05) is 43.9 Å². The monoisotopic (exact) mass is 417 g/mol. The number of hydrogen-bond acceptors (Lipinski definition) is 6. The first-order valence-electron chi connectivity index (χ1n) is 10.0. The van der Waals surface area contributed by atoms with Gasteiger partial charge in [0.25, 0.3) is 0 Å². The summed E-state index contributed by atoms with van der Waals surface area (Å²) in [6.45, 7) is 8.45. The zero-order valence-electron chi connectivity index (χ0n) is 17.0. The second-order valence-electron chi connectivity index (χ2n) is 7.05. The minimum Gasteiger partial charge on any atom is -0.379 e. The van der Waals surface area contributed by atoms with E-state index in [1.807, 2.05) is 38.1 Å². The molecule has 0 unspecified atom stereocenters. The molecule has 1 saturated heterocycles. The number of amides is 1. The zero-order valence-corrected chi connectivity index (χ0v) is 17.8. The molecule has 1 fully saturated rings. The SMILES string of the molecule is CCc1c(Cl)nc(C)nc1NCc1cccc(NC(=O)CCN2CCOCC2)c1. The lowest BCUT2D eigenvalue weighted by Gasteiger charge is -2.26. The van der Waals surface area contributed by atoms with Gasteiger partial charge in [-0.1, -0.05) is 30.7 Å². The predicted octanol–water partition coefficient (Wildman–Crippen LogP) is 3.27. The molecule has 1 aromatic carbocycles. The van der Waals surface area contributed by atoms with Gasteiger partial charge in [-0.05, 0) is 31.0 Å². The van der Waals surface area contributed by atoms with E-state index < -0.39 is 0 Å². The van der Waals surface area contributed by atoms with Gasteiger partial charge in [0.15, 0.2) is 0 Å². The number of benzene rings is 1. The molecular formula is C21H28ClN5O2. The number of anilines is 2. The molecule has 1 aliphatic heterocycles. The number of nitrogens with zero attached hydrogens (tertiary/aromatic N) is 3. The van der Waals surface area contributed by atoms with Crippen LogP contribution in [0.25, 0.3) is 0 Å². The molecule has 156 valence electrons. The number of aryl methyl sites for hydroxylation is 1.